The van der Waals surface area contributed by atoms with E-state index >= 15 is 0 Å². The molecule has 208 valence electrons. The van der Waals surface area contributed by atoms with E-state index in [4.69, 9.17) is 0 Å². The Morgan fingerprint density at radius 1 is 0.611 bits per heavy atom. The number of rotatable bonds is 27. The maximum atomic E-state index is 10.6. The fourth-order valence-corrected chi connectivity index (χ4v) is 4.90. The minimum atomic E-state index is -0.419. The van der Waals surface area contributed by atoms with Crippen molar-refractivity contribution in [3.8, 4) is 0 Å². The quantitative estimate of drug-likeness (QED) is 0.0736. The van der Waals surface area contributed by atoms with Crippen molar-refractivity contribution in [3.05, 3.63) is 28.4 Å². The fourth-order valence-electron chi connectivity index (χ4n) is 4.90. The number of hydrogen-bond acceptors (Lipinski definition) is 4. The van der Waals surface area contributed by atoms with Crippen molar-refractivity contribution in [1.82, 2.24) is 4.98 Å². The number of hydrogen-bond donors (Lipinski definition) is 1. The van der Waals surface area contributed by atoms with Crippen LogP contribution in [-0.4, -0.2) is 16.5 Å². The van der Waals surface area contributed by atoms with Crippen LogP contribution in [0.15, 0.2) is 18.3 Å². The molecule has 1 N–H and O–H groups in total. The molecule has 0 fully saturated rings. The van der Waals surface area contributed by atoms with E-state index < -0.39 is 4.92 Å². The number of unbranched alkanes of at least 4 members (excludes halogenated alkanes) is 23. The van der Waals surface area contributed by atoms with Gasteiger partial charge in [-0.25, -0.2) is 4.98 Å². The van der Waals surface area contributed by atoms with Gasteiger partial charge in [-0.2, -0.15) is 0 Å². The first-order valence-electron chi connectivity index (χ1n) is 15.6. The number of aromatic nitrogens is 1. The van der Waals surface area contributed by atoms with Gasteiger partial charge in [0.15, 0.2) is 0 Å². The summed E-state index contributed by atoms with van der Waals surface area (Å²) in [6.45, 7) is 3.17. The van der Waals surface area contributed by atoms with Crippen LogP contribution in [0.4, 0.5) is 11.5 Å². The van der Waals surface area contributed by atoms with Crippen LogP contribution in [0.1, 0.15) is 161 Å². The summed E-state index contributed by atoms with van der Waals surface area (Å²) in [6.07, 6.45) is 35.1. The normalized spacial score (nSPS) is 11.1. The second-order valence-corrected chi connectivity index (χ2v) is 10.7. The molecule has 1 heterocycles. The second-order valence-electron chi connectivity index (χ2n) is 10.7. The third kappa shape index (κ3) is 20.5. The van der Waals surface area contributed by atoms with E-state index in [-0.39, 0.29) is 5.69 Å². The zero-order chi connectivity index (χ0) is 25.9. The molecule has 0 aliphatic rings. The molecule has 36 heavy (non-hydrogen) atoms. The summed E-state index contributed by atoms with van der Waals surface area (Å²) in [6, 6.07) is 3.17. The third-order valence-electron chi connectivity index (χ3n) is 7.30. The maximum Gasteiger partial charge on any atom is 0.287 e. The smallest absolute Gasteiger partial charge is 0.287 e. The van der Waals surface area contributed by atoms with Gasteiger partial charge < -0.3 is 5.32 Å². The molecule has 0 amide bonds. The van der Waals surface area contributed by atoms with Crippen molar-refractivity contribution >= 4 is 11.5 Å². The highest BCUT2D eigenvalue weighted by molar-refractivity contribution is 5.39. The molecule has 1 rings (SSSR count). The van der Waals surface area contributed by atoms with Crippen LogP contribution >= 0.6 is 0 Å². The third-order valence-corrected chi connectivity index (χ3v) is 7.30. The molecule has 0 radical (unpaired) electrons. The van der Waals surface area contributed by atoms with Gasteiger partial charge in [0.1, 0.15) is 12.0 Å². The summed E-state index contributed by atoms with van der Waals surface area (Å²) in [4.78, 5) is 14.3. The number of anilines is 1. The van der Waals surface area contributed by atoms with Crippen LogP contribution in [0, 0.1) is 10.1 Å². The van der Waals surface area contributed by atoms with E-state index in [0.29, 0.717) is 0 Å². The maximum absolute atomic E-state index is 10.6. The zero-order valence-electron chi connectivity index (χ0n) is 23.6. The Balaban J connectivity index is 1.70. The Morgan fingerprint density at radius 2 is 0.972 bits per heavy atom. The van der Waals surface area contributed by atoms with E-state index in [9.17, 15) is 10.1 Å². The molecule has 5 heteroatoms. The topological polar surface area (TPSA) is 68.1 Å². The number of nitro groups is 1. The lowest BCUT2D eigenvalue weighted by Gasteiger charge is -2.05. The summed E-state index contributed by atoms with van der Waals surface area (Å²) < 4.78 is 0. The number of pyridine rings is 1. The SMILES string of the molecule is CCCCCCCCCCCCCCCCCCCCCCCCCCNc1ccc([N+](=O)[O-])cn1. The lowest BCUT2D eigenvalue weighted by molar-refractivity contribution is -0.385. The van der Waals surface area contributed by atoms with E-state index in [1.54, 1.807) is 6.07 Å². The highest BCUT2D eigenvalue weighted by Gasteiger charge is 2.04. The van der Waals surface area contributed by atoms with Gasteiger partial charge in [-0.05, 0) is 12.5 Å². The molecule has 1 aromatic rings. The largest absolute Gasteiger partial charge is 0.370 e. The van der Waals surface area contributed by atoms with Crippen LogP contribution in [0.25, 0.3) is 0 Å². The highest BCUT2D eigenvalue weighted by Crippen LogP contribution is 2.16. The van der Waals surface area contributed by atoms with Crippen molar-refractivity contribution in [1.29, 1.82) is 0 Å². The van der Waals surface area contributed by atoms with Gasteiger partial charge in [0.2, 0.25) is 0 Å². The van der Waals surface area contributed by atoms with Crippen LogP contribution in [0.5, 0.6) is 0 Å². The summed E-state index contributed by atoms with van der Waals surface area (Å²) in [5.41, 5.74) is 0.0374. The van der Waals surface area contributed by atoms with Crippen LogP contribution in [0.2, 0.25) is 0 Å². The Kier molecular flexibility index (Phi) is 22.5. The molecular formula is C31H57N3O2. The van der Waals surface area contributed by atoms with E-state index in [1.165, 1.54) is 160 Å². The lowest BCUT2D eigenvalue weighted by atomic mass is 10.0. The first kappa shape index (κ1) is 32.4. The molecule has 0 aliphatic heterocycles. The molecule has 5 nitrogen and oxygen atoms in total. The van der Waals surface area contributed by atoms with E-state index in [2.05, 4.69) is 17.2 Å². The molecule has 0 bridgehead atoms. The van der Waals surface area contributed by atoms with Crippen LogP contribution in [-0.2, 0) is 0 Å². The van der Waals surface area contributed by atoms with Gasteiger partial charge in [-0.1, -0.05) is 155 Å². The molecule has 0 aromatic carbocycles. The van der Waals surface area contributed by atoms with Crippen LogP contribution in [0.3, 0.4) is 0 Å². The highest BCUT2D eigenvalue weighted by atomic mass is 16.6. The van der Waals surface area contributed by atoms with E-state index in [0.717, 1.165) is 18.8 Å². The predicted octanol–water partition coefficient (Wildman–Crippen LogP) is 10.8. The van der Waals surface area contributed by atoms with Crippen molar-refractivity contribution in [2.45, 2.75) is 161 Å². The summed E-state index contributed by atoms with van der Waals surface area (Å²) >= 11 is 0. The van der Waals surface area contributed by atoms with Gasteiger partial charge in [0, 0.05) is 12.6 Å². The van der Waals surface area contributed by atoms with Crippen molar-refractivity contribution < 1.29 is 4.92 Å². The van der Waals surface area contributed by atoms with Gasteiger partial charge >= 0.3 is 0 Å². The number of nitrogens with one attached hydrogen (secondary N) is 1. The van der Waals surface area contributed by atoms with Gasteiger partial charge in [-0.15, -0.1) is 0 Å². The zero-order valence-corrected chi connectivity index (χ0v) is 23.6. The molecule has 0 aliphatic carbocycles. The minimum Gasteiger partial charge on any atom is -0.370 e. The molecule has 1 aromatic heterocycles. The number of nitrogens with zero attached hydrogens (tertiary/aromatic N) is 2. The second kappa shape index (κ2) is 25.0. The van der Waals surface area contributed by atoms with Crippen molar-refractivity contribution in [3.63, 3.8) is 0 Å². The average Bonchev–Trinajstić information content (AvgIpc) is 2.89. The molecule has 0 unspecified atom stereocenters. The lowest BCUT2D eigenvalue weighted by Crippen LogP contribution is -2.03. The fraction of sp³-hybridized carbons (Fsp3) is 0.839. The Bertz CT molecular complexity index is 606. The Labute approximate surface area is 222 Å². The first-order valence-corrected chi connectivity index (χ1v) is 15.6. The molecular weight excluding hydrogens is 446 g/mol. The average molecular weight is 504 g/mol. The predicted molar refractivity (Wildman–Crippen MR) is 156 cm³/mol. The van der Waals surface area contributed by atoms with E-state index in [1.807, 2.05) is 0 Å². The van der Waals surface area contributed by atoms with Crippen molar-refractivity contribution in [2.75, 3.05) is 11.9 Å². The van der Waals surface area contributed by atoms with Crippen molar-refractivity contribution in [2.24, 2.45) is 0 Å². The summed E-state index contributed by atoms with van der Waals surface area (Å²) in [5, 5.41) is 13.9. The summed E-state index contributed by atoms with van der Waals surface area (Å²) in [7, 11) is 0. The Morgan fingerprint density at radius 3 is 1.28 bits per heavy atom. The Hall–Kier alpha value is -1.65. The summed E-state index contributed by atoms with van der Waals surface area (Å²) in [5.74, 6) is 0.717. The monoisotopic (exact) mass is 503 g/mol. The molecule has 0 saturated carbocycles. The molecule has 0 spiro atoms. The standard InChI is InChI=1S/C31H57N3O2/c1-2-3-4-5-6-7-8-9-10-11-12-13-14-15-16-17-18-19-20-21-22-23-24-25-28-32-31-27-26-30(29-33-31)34(35)36/h26-27,29H,2-25,28H2,1H3,(H,32,33). The van der Waals surface area contributed by atoms with Gasteiger partial charge in [0.25, 0.3) is 5.69 Å². The molecule has 0 saturated heterocycles. The van der Waals surface area contributed by atoms with Gasteiger partial charge in [0.05, 0.1) is 4.92 Å². The van der Waals surface area contributed by atoms with Crippen LogP contribution < -0.4 is 5.32 Å². The molecule has 0 atom stereocenters. The first-order chi connectivity index (χ1) is 17.7. The van der Waals surface area contributed by atoms with Gasteiger partial charge in [-0.3, -0.25) is 10.1 Å². The minimum absolute atomic E-state index is 0.0374.